The van der Waals surface area contributed by atoms with Crippen LogP contribution in [-0.2, 0) is 9.53 Å². The van der Waals surface area contributed by atoms with Crippen molar-refractivity contribution in [2.75, 3.05) is 18.5 Å². The van der Waals surface area contributed by atoms with Crippen molar-refractivity contribution in [2.24, 2.45) is 0 Å². The van der Waals surface area contributed by atoms with E-state index >= 15 is 0 Å². The van der Waals surface area contributed by atoms with Gasteiger partial charge in [-0.2, -0.15) is 0 Å². The summed E-state index contributed by atoms with van der Waals surface area (Å²) in [5.74, 6) is -1.35. The van der Waals surface area contributed by atoms with Crippen LogP contribution in [0, 0.1) is 5.82 Å². The highest BCUT2D eigenvalue weighted by Gasteiger charge is 2.09. The molecule has 126 valence electrons. The van der Waals surface area contributed by atoms with Gasteiger partial charge in [-0.1, -0.05) is 19.1 Å². The SMILES string of the molecule is CCCOC(=O)c1ccc(NC(=O)COc2ccccc2F)cc1. The second-order valence-electron chi connectivity index (χ2n) is 4.98. The molecular formula is C18H18FNO4. The Hall–Kier alpha value is -2.89. The van der Waals surface area contributed by atoms with Crippen LogP contribution in [0.2, 0.25) is 0 Å². The molecule has 0 aromatic heterocycles. The Labute approximate surface area is 139 Å². The molecule has 2 rings (SSSR count). The number of halogens is 1. The molecule has 0 aliphatic heterocycles. The Morgan fingerprint density at radius 2 is 1.79 bits per heavy atom. The Kier molecular flexibility index (Phi) is 6.31. The molecule has 1 amide bonds. The van der Waals surface area contributed by atoms with Gasteiger partial charge in [0.05, 0.1) is 12.2 Å². The van der Waals surface area contributed by atoms with Crippen LogP contribution in [0.4, 0.5) is 10.1 Å². The molecule has 0 aliphatic rings. The van der Waals surface area contributed by atoms with Crippen LogP contribution >= 0.6 is 0 Å². The number of hydrogen-bond acceptors (Lipinski definition) is 4. The number of para-hydroxylation sites is 1. The van der Waals surface area contributed by atoms with Gasteiger partial charge in [0.25, 0.3) is 5.91 Å². The van der Waals surface area contributed by atoms with Crippen LogP contribution < -0.4 is 10.1 Å². The number of ether oxygens (including phenoxy) is 2. The molecule has 0 saturated carbocycles. The number of benzene rings is 2. The summed E-state index contributed by atoms with van der Waals surface area (Å²) in [4.78, 5) is 23.5. The van der Waals surface area contributed by atoms with Crippen LogP contribution in [0.25, 0.3) is 0 Å². The van der Waals surface area contributed by atoms with Gasteiger partial charge in [0, 0.05) is 5.69 Å². The molecule has 6 heteroatoms. The van der Waals surface area contributed by atoms with E-state index in [0.717, 1.165) is 6.42 Å². The summed E-state index contributed by atoms with van der Waals surface area (Å²) < 4.78 is 23.5. The average Bonchev–Trinajstić information content (AvgIpc) is 2.59. The Morgan fingerprint density at radius 1 is 1.08 bits per heavy atom. The largest absolute Gasteiger partial charge is 0.481 e. The summed E-state index contributed by atoms with van der Waals surface area (Å²) in [5.41, 5.74) is 0.910. The average molecular weight is 331 g/mol. The first kappa shape index (κ1) is 17.5. The molecule has 0 aliphatic carbocycles. The number of anilines is 1. The zero-order chi connectivity index (χ0) is 17.4. The molecule has 2 aromatic rings. The van der Waals surface area contributed by atoms with Crippen molar-refractivity contribution in [1.29, 1.82) is 0 Å². The fourth-order valence-corrected chi connectivity index (χ4v) is 1.87. The highest BCUT2D eigenvalue weighted by molar-refractivity contribution is 5.93. The molecule has 1 N–H and O–H groups in total. The maximum Gasteiger partial charge on any atom is 0.338 e. The molecule has 0 saturated heterocycles. The molecule has 0 radical (unpaired) electrons. The molecule has 24 heavy (non-hydrogen) atoms. The number of carbonyl (C=O) groups is 2. The highest BCUT2D eigenvalue weighted by atomic mass is 19.1. The molecule has 0 heterocycles. The molecule has 0 spiro atoms. The summed E-state index contributed by atoms with van der Waals surface area (Å²) in [6.45, 7) is 1.96. The van der Waals surface area contributed by atoms with Crippen molar-refractivity contribution in [1.82, 2.24) is 0 Å². The maximum atomic E-state index is 13.4. The molecule has 0 bridgehead atoms. The monoisotopic (exact) mass is 331 g/mol. The van der Waals surface area contributed by atoms with Gasteiger partial charge in [0.1, 0.15) is 0 Å². The van der Waals surface area contributed by atoms with Crippen molar-refractivity contribution >= 4 is 17.6 Å². The zero-order valence-corrected chi connectivity index (χ0v) is 13.3. The van der Waals surface area contributed by atoms with Gasteiger partial charge in [-0.05, 0) is 42.8 Å². The third-order valence-electron chi connectivity index (χ3n) is 3.04. The predicted molar refractivity (Wildman–Crippen MR) is 87.5 cm³/mol. The summed E-state index contributed by atoms with van der Waals surface area (Å²) >= 11 is 0. The van der Waals surface area contributed by atoms with Crippen LogP contribution in [0.3, 0.4) is 0 Å². The second kappa shape index (κ2) is 8.67. The van der Waals surface area contributed by atoms with Gasteiger partial charge in [-0.3, -0.25) is 4.79 Å². The first-order valence-corrected chi connectivity index (χ1v) is 7.54. The van der Waals surface area contributed by atoms with Crippen LogP contribution in [0.1, 0.15) is 23.7 Å². The lowest BCUT2D eigenvalue weighted by molar-refractivity contribution is -0.118. The number of carbonyl (C=O) groups excluding carboxylic acids is 2. The molecule has 0 unspecified atom stereocenters. The fraction of sp³-hybridized carbons (Fsp3) is 0.222. The first-order valence-electron chi connectivity index (χ1n) is 7.54. The van der Waals surface area contributed by atoms with Crippen LogP contribution in [0.15, 0.2) is 48.5 Å². The molecular weight excluding hydrogens is 313 g/mol. The van der Waals surface area contributed by atoms with E-state index in [1.165, 1.54) is 18.2 Å². The normalized spacial score (nSPS) is 10.1. The van der Waals surface area contributed by atoms with Crippen LogP contribution in [-0.4, -0.2) is 25.1 Å². The third kappa shape index (κ3) is 5.08. The van der Waals surface area contributed by atoms with Gasteiger partial charge in [-0.25, -0.2) is 9.18 Å². The topological polar surface area (TPSA) is 64.6 Å². The van der Waals surface area contributed by atoms with E-state index in [1.54, 1.807) is 30.3 Å². The van der Waals surface area contributed by atoms with E-state index in [4.69, 9.17) is 9.47 Å². The third-order valence-corrected chi connectivity index (χ3v) is 3.04. The maximum absolute atomic E-state index is 13.4. The van der Waals surface area contributed by atoms with Gasteiger partial charge >= 0.3 is 5.97 Å². The van der Waals surface area contributed by atoms with Crippen molar-refractivity contribution < 1.29 is 23.5 Å². The van der Waals surface area contributed by atoms with Crippen molar-refractivity contribution in [3.05, 3.63) is 59.9 Å². The van der Waals surface area contributed by atoms with E-state index in [1.807, 2.05) is 6.92 Å². The minimum absolute atomic E-state index is 0.0154. The Bertz CT molecular complexity index is 700. The number of amides is 1. The van der Waals surface area contributed by atoms with Gasteiger partial charge in [0.2, 0.25) is 0 Å². The lowest BCUT2D eigenvalue weighted by atomic mass is 10.2. The number of rotatable bonds is 7. The summed E-state index contributed by atoms with van der Waals surface area (Å²) in [6, 6.07) is 12.1. The lowest BCUT2D eigenvalue weighted by Gasteiger charge is -2.08. The number of nitrogens with one attached hydrogen (secondary N) is 1. The second-order valence-corrected chi connectivity index (χ2v) is 4.98. The number of hydrogen-bond donors (Lipinski definition) is 1. The van der Waals surface area contributed by atoms with E-state index in [-0.39, 0.29) is 12.4 Å². The molecule has 2 aromatic carbocycles. The predicted octanol–water partition coefficient (Wildman–Crippen LogP) is 3.41. The Morgan fingerprint density at radius 3 is 2.46 bits per heavy atom. The lowest BCUT2D eigenvalue weighted by Crippen LogP contribution is -2.20. The number of esters is 1. The Balaban J connectivity index is 1.85. The molecule has 0 fully saturated rings. The van der Waals surface area contributed by atoms with Gasteiger partial charge in [0.15, 0.2) is 18.2 Å². The van der Waals surface area contributed by atoms with Gasteiger partial charge < -0.3 is 14.8 Å². The van der Waals surface area contributed by atoms with Crippen molar-refractivity contribution in [3.63, 3.8) is 0 Å². The molecule has 5 nitrogen and oxygen atoms in total. The first-order chi connectivity index (χ1) is 11.6. The summed E-state index contributed by atoms with van der Waals surface area (Å²) in [6.07, 6.45) is 0.752. The highest BCUT2D eigenvalue weighted by Crippen LogP contribution is 2.15. The van der Waals surface area contributed by atoms with Crippen molar-refractivity contribution in [3.8, 4) is 5.75 Å². The van der Waals surface area contributed by atoms with E-state index < -0.39 is 17.7 Å². The van der Waals surface area contributed by atoms with Crippen LogP contribution in [0.5, 0.6) is 5.75 Å². The van der Waals surface area contributed by atoms with Crippen molar-refractivity contribution in [2.45, 2.75) is 13.3 Å². The van der Waals surface area contributed by atoms with E-state index in [9.17, 15) is 14.0 Å². The molecule has 0 atom stereocenters. The summed E-state index contributed by atoms with van der Waals surface area (Å²) in [7, 11) is 0. The van der Waals surface area contributed by atoms with Gasteiger partial charge in [-0.15, -0.1) is 0 Å². The fourth-order valence-electron chi connectivity index (χ4n) is 1.87. The standard InChI is InChI=1S/C18H18FNO4/c1-2-11-23-18(22)13-7-9-14(10-8-13)20-17(21)12-24-16-6-4-3-5-15(16)19/h3-10H,2,11-12H2,1H3,(H,20,21). The smallest absolute Gasteiger partial charge is 0.338 e. The quantitative estimate of drug-likeness (QED) is 0.790. The zero-order valence-electron chi connectivity index (χ0n) is 13.3. The minimum atomic E-state index is -0.528. The van der Waals surface area contributed by atoms with E-state index in [2.05, 4.69) is 5.32 Å². The summed E-state index contributed by atoms with van der Waals surface area (Å²) in [5, 5.41) is 2.60. The minimum Gasteiger partial charge on any atom is -0.481 e. The van der Waals surface area contributed by atoms with E-state index in [0.29, 0.717) is 17.9 Å².